The fourth-order valence-corrected chi connectivity index (χ4v) is 5.02. The molecule has 1 aliphatic heterocycles. The summed E-state index contributed by atoms with van der Waals surface area (Å²) >= 11 is 1.15. The summed E-state index contributed by atoms with van der Waals surface area (Å²) in [6.45, 7) is 5.23. The molecule has 10 heteroatoms. The van der Waals surface area contributed by atoms with Crippen molar-refractivity contribution in [3.8, 4) is 0 Å². The number of aryl methyl sites for hydroxylation is 1. The summed E-state index contributed by atoms with van der Waals surface area (Å²) in [6.07, 6.45) is 2.50. The van der Waals surface area contributed by atoms with Crippen LogP contribution in [0.1, 0.15) is 43.5 Å². The van der Waals surface area contributed by atoms with Crippen LogP contribution in [0.3, 0.4) is 0 Å². The molecule has 1 saturated heterocycles. The van der Waals surface area contributed by atoms with Gasteiger partial charge in [-0.05, 0) is 49.8 Å². The molecule has 1 aromatic carbocycles. The Morgan fingerprint density at radius 1 is 1.28 bits per heavy atom. The van der Waals surface area contributed by atoms with Gasteiger partial charge in [0.15, 0.2) is 0 Å². The van der Waals surface area contributed by atoms with Crippen LogP contribution >= 0.6 is 11.5 Å². The van der Waals surface area contributed by atoms with Crippen LogP contribution in [0.15, 0.2) is 29.2 Å². The number of ether oxygens (including phenoxy) is 1. The highest BCUT2D eigenvalue weighted by Gasteiger charge is 2.27. The van der Waals surface area contributed by atoms with E-state index in [9.17, 15) is 13.2 Å². The summed E-state index contributed by atoms with van der Waals surface area (Å²) in [5.41, 5.74) is 0.783. The van der Waals surface area contributed by atoms with Crippen LogP contribution in [-0.2, 0) is 19.6 Å². The largest absolute Gasteiger partial charge is 0.381 e. The van der Waals surface area contributed by atoms with Gasteiger partial charge in [0.2, 0.25) is 21.1 Å². The van der Waals surface area contributed by atoms with Crippen molar-refractivity contribution >= 4 is 32.6 Å². The van der Waals surface area contributed by atoms with Crippen molar-refractivity contribution in [3.05, 3.63) is 35.7 Å². The molecule has 1 aliphatic rings. The predicted molar refractivity (Wildman–Crippen MR) is 111 cm³/mol. The molecule has 2 N–H and O–H groups in total. The number of hydrogen-bond acceptors (Lipinski definition) is 7. The molecule has 29 heavy (non-hydrogen) atoms. The van der Waals surface area contributed by atoms with E-state index in [0.717, 1.165) is 29.9 Å². The predicted octanol–water partition coefficient (Wildman–Crippen LogP) is 2.68. The van der Waals surface area contributed by atoms with Crippen molar-refractivity contribution in [2.24, 2.45) is 5.92 Å². The normalized spacial score (nSPS) is 16.5. The fourth-order valence-electron chi connectivity index (χ4n) is 3.40. The van der Waals surface area contributed by atoms with Crippen LogP contribution in [0, 0.1) is 12.8 Å². The van der Waals surface area contributed by atoms with E-state index < -0.39 is 15.9 Å². The first-order chi connectivity index (χ1) is 13.9. The Morgan fingerprint density at radius 3 is 2.55 bits per heavy atom. The summed E-state index contributed by atoms with van der Waals surface area (Å²) in [5.74, 6) is 0.429. The van der Waals surface area contributed by atoms with Gasteiger partial charge in [-0.25, -0.2) is 18.1 Å². The summed E-state index contributed by atoms with van der Waals surface area (Å²) in [7, 11) is -3.53. The molecule has 0 aliphatic carbocycles. The van der Waals surface area contributed by atoms with E-state index in [-0.39, 0.29) is 10.8 Å². The maximum absolute atomic E-state index is 13.0. The average molecular weight is 439 g/mol. The highest BCUT2D eigenvalue weighted by molar-refractivity contribution is 7.89. The maximum Gasteiger partial charge on any atom is 0.240 e. The van der Waals surface area contributed by atoms with E-state index in [0.29, 0.717) is 43.1 Å². The fraction of sp³-hybridized carbons (Fsp3) is 0.526. The number of amides is 1. The first kappa shape index (κ1) is 21.8. The standard InChI is InChI=1S/C19H26N4O4S2/c1-3-20-29(25,26)16-6-4-15(5-7-16)17(12-14-8-10-27-11-9-14)18(24)22-19-21-13(2)23-28-19/h4-7,14,17,20H,3,8-12H2,1-2H3,(H,21,22,23,24)/t17-/m1/s1. The molecule has 8 nitrogen and oxygen atoms in total. The van der Waals surface area contributed by atoms with Gasteiger partial charge >= 0.3 is 0 Å². The molecule has 1 atom stereocenters. The van der Waals surface area contributed by atoms with Gasteiger partial charge in [-0.1, -0.05) is 19.1 Å². The number of carbonyl (C=O) groups excluding carboxylic acids is 1. The first-order valence-corrected chi connectivity index (χ1v) is 11.9. The lowest BCUT2D eigenvalue weighted by Gasteiger charge is -2.26. The molecule has 1 aromatic heterocycles. The highest BCUT2D eigenvalue weighted by atomic mass is 32.2. The molecular formula is C19H26N4O4S2. The van der Waals surface area contributed by atoms with E-state index >= 15 is 0 Å². The monoisotopic (exact) mass is 438 g/mol. The smallest absolute Gasteiger partial charge is 0.240 e. The van der Waals surface area contributed by atoms with E-state index in [2.05, 4.69) is 19.4 Å². The van der Waals surface area contributed by atoms with E-state index in [1.807, 2.05) is 0 Å². The van der Waals surface area contributed by atoms with E-state index in [1.54, 1.807) is 38.1 Å². The Balaban J connectivity index is 1.82. The number of anilines is 1. The lowest BCUT2D eigenvalue weighted by Crippen LogP contribution is -2.26. The summed E-state index contributed by atoms with van der Waals surface area (Å²) in [6, 6.07) is 6.54. The van der Waals surface area contributed by atoms with Crippen molar-refractivity contribution in [3.63, 3.8) is 0 Å². The molecule has 0 saturated carbocycles. The van der Waals surface area contributed by atoms with Crippen LogP contribution in [0.2, 0.25) is 0 Å². The van der Waals surface area contributed by atoms with Crippen LogP contribution < -0.4 is 10.0 Å². The van der Waals surface area contributed by atoms with E-state index in [1.165, 1.54) is 0 Å². The number of rotatable bonds is 8. The summed E-state index contributed by atoms with van der Waals surface area (Å²) in [5, 5.41) is 3.33. The molecule has 0 radical (unpaired) electrons. The third kappa shape index (κ3) is 5.81. The topological polar surface area (TPSA) is 110 Å². The number of carbonyl (C=O) groups is 1. The second kappa shape index (κ2) is 9.75. The van der Waals surface area contributed by atoms with Crippen molar-refractivity contribution < 1.29 is 17.9 Å². The molecule has 0 bridgehead atoms. The Kier molecular flexibility index (Phi) is 7.33. The average Bonchev–Trinajstić information content (AvgIpc) is 3.11. The van der Waals surface area contributed by atoms with Gasteiger partial charge in [0.25, 0.3) is 0 Å². The second-order valence-electron chi connectivity index (χ2n) is 7.05. The minimum Gasteiger partial charge on any atom is -0.381 e. The molecule has 3 rings (SSSR count). The van der Waals surface area contributed by atoms with Crippen molar-refractivity contribution in [2.45, 2.75) is 43.9 Å². The maximum atomic E-state index is 13.0. The number of nitrogens with one attached hydrogen (secondary N) is 2. The Morgan fingerprint density at radius 2 is 1.97 bits per heavy atom. The van der Waals surface area contributed by atoms with Gasteiger partial charge in [0.1, 0.15) is 5.82 Å². The van der Waals surface area contributed by atoms with Gasteiger partial charge < -0.3 is 10.1 Å². The van der Waals surface area contributed by atoms with Crippen LogP contribution in [0.4, 0.5) is 5.13 Å². The SMILES string of the molecule is CCNS(=O)(=O)c1ccc([C@@H](CC2CCOCC2)C(=O)Nc2nc(C)ns2)cc1. The van der Waals surface area contributed by atoms with Crippen molar-refractivity contribution in [2.75, 3.05) is 25.1 Å². The van der Waals surface area contributed by atoms with Gasteiger partial charge in [-0.15, -0.1) is 0 Å². The molecule has 1 fully saturated rings. The van der Waals surface area contributed by atoms with Gasteiger partial charge in [-0.3, -0.25) is 4.79 Å². The zero-order valence-electron chi connectivity index (χ0n) is 16.6. The highest BCUT2D eigenvalue weighted by Crippen LogP contribution is 2.31. The molecule has 2 heterocycles. The number of hydrogen-bond donors (Lipinski definition) is 2. The van der Waals surface area contributed by atoms with Crippen molar-refractivity contribution in [1.82, 2.24) is 14.1 Å². The minimum absolute atomic E-state index is 0.157. The molecule has 2 aromatic rings. The van der Waals surface area contributed by atoms with Gasteiger partial charge in [-0.2, -0.15) is 4.37 Å². The number of sulfonamides is 1. The zero-order chi connectivity index (χ0) is 20.9. The van der Waals surface area contributed by atoms with Crippen LogP contribution in [-0.4, -0.2) is 43.4 Å². The Hall–Kier alpha value is -1.88. The summed E-state index contributed by atoms with van der Waals surface area (Å²) < 4.78 is 36.4. The number of benzene rings is 1. The minimum atomic E-state index is -3.53. The van der Waals surface area contributed by atoms with Crippen LogP contribution in [0.5, 0.6) is 0 Å². The first-order valence-electron chi connectivity index (χ1n) is 9.67. The number of nitrogens with zero attached hydrogens (tertiary/aromatic N) is 2. The van der Waals surface area contributed by atoms with E-state index in [4.69, 9.17) is 4.74 Å². The number of aromatic nitrogens is 2. The Labute approximate surface area is 175 Å². The Bertz CT molecular complexity index is 922. The molecule has 0 unspecified atom stereocenters. The third-order valence-corrected chi connectivity index (χ3v) is 7.19. The quantitative estimate of drug-likeness (QED) is 0.656. The third-order valence-electron chi connectivity index (χ3n) is 4.91. The molecule has 158 valence electrons. The molecular weight excluding hydrogens is 412 g/mol. The lowest BCUT2D eigenvalue weighted by atomic mass is 9.84. The summed E-state index contributed by atoms with van der Waals surface area (Å²) in [4.78, 5) is 17.4. The zero-order valence-corrected chi connectivity index (χ0v) is 18.2. The second-order valence-corrected chi connectivity index (χ2v) is 9.57. The van der Waals surface area contributed by atoms with Gasteiger partial charge in [0.05, 0.1) is 10.8 Å². The van der Waals surface area contributed by atoms with Gasteiger partial charge in [0, 0.05) is 31.3 Å². The molecule has 1 amide bonds. The van der Waals surface area contributed by atoms with Crippen LogP contribution in [0.25, 0.3) is 0 Å². The molecule has 0 spiro atoms. The lowest BCUT2D eigenvalue weighted by molar-refractivity contribution is -0.118. The van der Waals surface area contributed by atoms with Crippen molar-refractivity contribution in [1.29, 1.82) is 0 Å².